The minimum Gasteiger partial charge on any atom is -0.506 e. The number of imide groups is 1. The van der Waals surface area contributed by atoms with Crippen molar-refractivity contribution in [1.29, 1.82) is 0 Å². The lowest BCUT2D eigenvalue weighted by Crippen LogP contribution is -2.49. The number of nitrogens with zero attached hydrogens (tertiary/aromatic N) is 1. The molecular formula is C21H21N3O7S. The lowest BCUT2D eigenvalue weighted by Gasteiger charge is -2.27. The summed E-state index contributed by atoms with van der Waals surface area (Å²) < 4.78 is 27.1. The number of allylic oxidation sites excluding steroid dienone is 1. The smallest absolute Gasteiger partial charge is 0.328 e. The number of benzene rings is 2. The number of aromatic hydroxyl groups is 1. The second-order valence-corrected chi connectivity index (χ2v) is 8.77. The molecule has 0 saturated carbocycles. The first-order chi connectivity index (χ1) is 14.9. The molecule has 0 atom stereocenters. The number of hydrogen-bond donors (Lipinski definition) is 3. The summed E-state index contributed by atoms with van der Waals surface area (Å²) >= 11 is 0. The van der Waals surface area contributed by atoms with Crippen LogP contribution in [0, 0.1) is 0 Å². The standard InChI is InChI=1S/C21H21N3O7S/c1-12(2)16-10-14(24-9-8-18(25)23-21(24)28)11-17(19(16)26)20(27)22-13-4-6-15(7-5-13)31-32(3,29)30/h4-7,10-11,26H,1,8-9H2,2-3H3,(H,22,27)(H,23,25,28). The van der Waals surface area contributed by atoms with Crippen molar-refractivity contribution in [3.05, 3.63) is 54.1 Å². The van der Waals surface area contributed by atoms with Crippen molar-refractivity contribution < 1.29 is 32.1 Å². The summed E-state index contributed by atoms with van der Waals surface area (Å²) in [5.74, 6) is -1.31. The van der Waals surface area contributed by atoms with Crippen LogP contribution in [0.1, 0.15) is 29.3 Å². The molecule has 1 aliphatic rings. The summed E-state index contributed by atoms with van der Waals surface area (Å²) in [4.78, 5) is 37.9. The van der Waals surface area contributed by atoms with E-state index in [-0.39, 0.29) is 35.6 Å². The van der Waals surface area contributed by atoms with E-state index in [4.69, 9.17) is 4.18 Å². The summed E-state index contributed by atoms with van der Waals surface area (Å²) in [5, 5.41) is 15.4. The number of anilines is 2. The molecule has 0 unspecified atom stereocenters. The highest BCUT2D eigenvalue weighted by atomic mass is 32.2. The molecule has 3 rings (SSSR count). The summed E-state index contributed by atoms with van der Waals surface area (Å²) in [6.45, 7) is 5.56. The van der Waals surface area contributed by atoms with Gasteiger partial charge in [0.25, 0.3) is 5.91 Å². The van der Waals surface area contributed by atoms with Crippen molar-refractivity contribution in [3.8, 4) is 11.5 Å². The predicted molar refractivity (Wildman–Crippen MR) is 118 cm³/mol. The molecule has 1 aliphatic heterocycles. The first kappa shape index (κ1) is 22.8. The van der Waals surface area contributed by atoms with Crippen LogP contribution in [-0.2, 0) is 14.9 Å². The molecule has 1 saturated heterocycles. The van der Waals surface area contributed by atoms with Crippen molar-refractivity contribution in [3.63, 3.8) is 0 Å². The second kappa shape index (κ2) is 8.71. The predicted octanol–water partition coefficient (Wildman–Crippen LogP) is 2.46. The number of carbonyl (C=O) groups is 3. The number of amides is 4. The van der Waals surface area contributed by atoms with Crippen LogP contribution in [0.2, 0.25) is 0 Å². The maximum Gasteiger partial charge on any atom is 0.328 e. The monoisotopic (exact) mass is 459 g/mol. The van der Waals surface area contributed by atoms with Gasteiger partial charge in [-0.05, 0) is 48.9 Å². The molecule has 2 aromatic rings. The lowest BCUT2D eigenvalue weighted by atomic mass is 10.0. The molecule has 11 heteroatoms. The van der Waals surface area contributed by atoms with Crippen molar-refractivity contribution in [2.45, 2.75) is 13.3 Å². The Bertz CT molecular complexity index is 1220. The normalized spacial score (nSPS) is 14.0. The SMILES string of the molecule is C=C(C)c1cc(N2CCC(=O)NC2=O)cc(C(=O)Nc2ccc(OS(C)(=O)=O)cc2)c1O. The molecule has 10 nitrogen and oxygen atoms in total. The zero-order valence-electron chi connectivity index (χ0n) is 17.3. The van der Waals surface area contributed by atoms with Gasteiger partial charge < -0.3 is 14.6 Å². The van der Waals surface area contributed by atoms with E-state index in [9.17, 15) is 27.9 Å². The van der Waals surface area contributed by atoms with E-state index in [1.165, 1.54) is 41.3 Å². The van der Waals surface area contributed by atoms with Crippen LogP contribution < -0.4 is 19.7 Å². The topological polar surface area (TPSA) is 142 Å². The number of urea groups is 1. The first-order valence-corrected chi connectivity index (χ1v) is 11.2. The van der Waals surface area contributed by atoms with Gasteiger partial charge in [0.2, 0.25) is 5.91 Å². The third kappa shape index (κ3) is 5.24. The van der Waals surface area contributed by atoms with Crippen molar-refractivity contribution in [1.82, 2.24) is 5.32 Å². The van der Waals surface area contributed by atoms with Crippen LogP contribution in [0.4, 0.5) is 16.2 Å². The zero-order chi connectivity index (χ0) is 23.6. The number of phenols is 1. The fraction of sp³-hybridized carbons (Fsp3) is 0.190. The fourth-order valence-corrected chi connectivity index (χ4v) is 3.51. The Hall–Kier alpha value is -3.86. The molecule has 32 heavy (non-hydrogen) atoms. The average molecular weight is 459 g/mol. The molecule has 1 heterocycles. The quantitative estimate of drug-likeness (QED) is 0.563. The highest BCUT2D eigenvalue weighted by molar-refractivity contribution is 7.86. The van der Waals surface area contributed by atoms with Crippen LogP contribution in [0.15, 0.2) is 43.0 Å². The van der Waals surface area contributed by atoms with Gasteiger partial charge in [0.05, 0.1) is 11.8 Å². The van der Waals surface area contributed by atoms with Crippen LogP contribution in [-0.4, -0.2) is 44.2 Å². The summed E-state index contributed by atoms with van der Waals surface area (Å²) in [6.07, 6.45) is 1.01. The number of nitrogens with one attached hydrogen (secondary N) is 2. The molecule has 0 aliphatic carbocycles. The molecular weight excluding hydrogens is 438 g/mol. The van der Waals surface area contributed by atoms with Crippen LogP contribution in [0.5, 0.6) is 11.5 Å². The number of carbonyl (C=O) groups excluding carboxylic acids is 3. The van der Waals surface area contributed by atoms with E-state index < -0.39 is 28.0 Å². The van der Waals surface area contributed by atoms with E-state index in [0.717, 1.165) is 6.26 Å². The largest absolute Gasteiger partial charge is 0.506 e. The molecule has 3 N–H and O–H groups in total. The minimum absolute atomic E-state index is 0.0746. The van der Waals surface area contributed by atoms with Crippen LogP contribution >= 0.6 is 0 Å². The summed E-state index contributed by atoms with van der Waals surface area (Å²) in [6, 6.07) is 7.82. The van der Waals surface area contributed by atoms with E-state index in [2.05, 4.69) is 17.2 Å². The molecule has 0 bridgehead atoms. The Balaban J connectivity index is 1.91. The van der Waals surface area contributed by atoms with Gasteiger partial charge in [0.1, 0.15) is 11.5 Å². The molecule has 168 valence electrons. The Kier molecular flexibility index (Phi) is 6.21. The van der Waals surface area contributed by atoms with E-state index in [1.54, 1.807) is 6.92 Å². The van der Waals surface area contributed by atoms with Crippen molar-refractivity contribution >= 4 is 44.9 Å². The molecule has 0 spiro atoms. The number of rotatable bonds is 6. The summed E-state index contributed by atoms with van der Waals surface area (Å²) in [7, 11) is -3.69. The van der Waals surface area contributed by atoms with E-state index >= 15 is 0 Å². The zero-order valence-corrected chi connectivity index (χ0v) is 18.2. The van der Waals surface area contributed by atoms with Gasteiger partial charge in [0, 0.05) is 29.9 Å². The molecule has 0 aromatic heterocycles. The van der Waals surface area contributed by atoms with Crippen molar-refractivity contribution in [2.75, 3.05) is 23.0 Å². The Morgan fingerprint density at radius 2 is 1.81 bits per heavy atom. The van der Waals surface area contributed by atoms with Crippen LogP contribution in [0.25, 0.3) is 5.57 Å². The third-order valence-electron chi connectivity index (χ3n) is 4.52. The van der Waals surface area contributed by atoms with Gasteiger partial charge in [-0.15, -0.1) is 0 Å². The minimum atomic E-state index is -3.69. The van der Waals surface area contributed by atoms with Gasteiger partial charge >= 0.3 is 16.1 Å². The molecule has 4 amide bonds. The molecule has 1 fully saturated rings. The second-order valence-electron chi connectivity index (χ2n) is 7.19. The average Bonchev–Trinajstić information content (AvgIpc) is 2.68. The maximum absolute atomic E-state index is 12.9. The Morgan fingerprint density at radius 3 is 2.38 bits per heavy atom. The molecule has 2 aromatic carbocycles. The van der Waals surface area contributed by atoms with Gasteiger partial charge in [-0.1, -0.05) is 6.58 Å². The number of hydrogen-bond acceptors (Lipinski definition) is 7. The third-order valence-corrected chi connectivity index (χ3v) is 5.02. The first-order valence-electron chi connectivity index (χ1n) is 9.39. The molecule has 0 radical (unpaired) electrons. The number of phenolic OH excluding ortho intramolecular Hbond substituents is 1. The van der Waals surface area contributed by atoms with Gasteiger partial charge in [-0.25, -0.2) is 4.79 Å². The maximum atomic E-state index is 12.9. The lowest BCUT2D eigenvalue weighted by molar-refractivity contribution is -0.120. The highest BCUT2D eigenvalue weighted by Gasteiger charge is 2.27. The van der Waals surface area contributed by atoms with Crippen molar-refractivity contribution in [2.24, 2.45) is 0 Å². The Labute approximate surface area is 184 Å². The van der Waals surface area contributed by atoms with Crippen LogP contribution in [0.3, 0.4) is 0 Å². The summed E-state index contributed by atoms with van der Waals surface area (Å²) in [5.41, 5.74) is 1.26. The highest BCUT2D eigenvalue weighted by Crippen LogP contribution is 2.34. The Morgan fingerprint density at radius 1 is 1.19 bits per heavy atom. The van der Waals surface area contributed by atoms with E-state index in [1.807, 2.05) is 0 Å². The van der Waals surface area contributed by atoms with Gasteiger partial charge in [-0.2, -0.15) is 8.42 Å². The van der Waals surface area contributed by atoms with Gasteiger partial charge in [0.15, 0.2) is 0 Å². The van der Waals surface area contributed by atoms with E-state index in [0.29, 0.717) is 16.9 Å². The van der Waals surface area contributed by atoms with Gasteiger partial charge in [-0.3, -0.25) is 19.8 Å². The fourth-order valence-electron chi connectivity index (χ4n) is 3.05.